The Morgan fingerprint density at radius 3 is 1.96 bits per heavy atom. The fourth-order valence-electron chi connectivity index (χ4n) is 2.87. The first kappa shape index (κ1) is 21.2. The van der Waals surface area contributed by atoms with Crippen LogP contribution in [0.3, 0.4) is 0 Å². The highest BCUT2D eigenvalue weighted by Crippen LogP contribution is 2.11. The summed E-state index contributed by atoms with van der Waals surface area (Å²) in [6, 6.07) is 18.4. The van der Waals surface area contributed by atoms with Crippen LogP contribution < -0.4 is 16.4 Å². The zero-order chi connectivity index (χ0) is 20.4. The molecule has 0 unspecified atom stereocenters. The molecule has 3 amide bonds. The van der Waals surface area contributed by atoms with Gasteiger partial charge in [0.2, 0.25) is 17.7 Å². The Bertz CT molecular complexity index is 778. The van der Waals surface area contributed by atoms with Crippen LogP contribution in [0, 0.1) is 0 Å². The van der Waals surface area contributed by atoms with Crippen molar-refractivity contribution in [3.63, 3.8) is 0 Å². The van der Waals surface area contributed by atoms with E-state index in [4.69, 9.17) is 5.73 Å². The molecule has 2 rings (SSSR count). The molecular weight excluding hydrogens is 354 g/mol. The van der Waals surface area contributed by atoms with Gasteiger partial charge in [0.15, 0.2) is 0 Å². The van der Waals surface area contributed by atoms with Crippen molar-refractivity contribution in [2.75, 3.05) is 0 Å². The molecule has 148 valence electrons. The predicted octanol–water partition coefficient (Wildman–Crippen LogP) is 2.25. The lowest BCUT2D eigenvalue weighted by atomic mass is 10.0. The summed E-state index contributed by atoms with van der Waals surface area (Å²) in [5, 5.41) is 5.50. The fourth-order valence-corrected chi connectivity index (χ4v) is 2.87. The van der Waals surface area contributed by atoms with Gasteiger partial charge in [-0.05, 0) is 30.9 Å². The molecule has 2 atom stereocenters. The third kappa shape index (κ3) is 7.23. The van der Waals surface area contributed by atoms with Crippen molar-refractivity contribution in [1.29, 1.82) is 0 Å². The van der Waals surface area contributed by atoms with Gasteiger partial charge in [-0.3, -0.25) is 14.4 Å². The number of rotatable bonds is 10. The second kappa shape index (κ2) is 10.9. The van der Waals surface area contributed by atoms with Gasteiger partial charge in [0.05, 0.1) is 6.04 Å². The maximum Gasteiger partial charge on any atom is 0.240 e. The zero-order valence-corrected chi connectivity index (χ0v) is 16.1. The normalized spacial score (nSPS) is 12.6. The molecule has 0 radical (unpaired) electrons. The summed E-state index contributed by atoms with van der Waals surface area (Å²) in [4.78, 5) is 35.8. The summed E-state index contributed by atoms with van der Waals surface area (Å²) in [6.07, 6.45) is 1.10. The Balaban J connectivity index is 1.75. The van der Waals surface area contributed by atoms with E-state index in [1.165, 1.54) is 0 Å². The molecule has 0 aliphatic carbocycles. The molecule has 0 heterocycles. The maximum atomic E-state index is 12.1. The number of hydrogen-bond acceptors (Lipinski definition) is 3. The summed E-state index contributed by atoms with van der Waals surface area (Å²) in [6.45, 7) is 1.89. The van der Waals surface area contributed by atoms with Gasteiger partial charge in [-0.2, -0.15) is 0 Å². The first-order valence-electron chi connectivity index (χ1n) is 9.42. The molecule has 28 heavy (non-hydrogen) atoms. The van der Waals surface area contributed by atoms with Crippen LogP contribution in [0.2, 0.25) is 0 Å². The lowest BCUT2D eigenvalue weighted by Gasteiger charge is -2.16. The van der Waals surface area contributed by atoms with Crippen molar-refractivity contribution in [2.24, 2.45) is 5.73 Å². The number of nitrogens with one attached hydrogen (secondary N) is 2. The molecule has 0 aliphatic heterocycles. The van der Waals surface area contributed by atoms with E-state index < -0.39 is 11.9 Å². The molecule has 0 aromatic heterocycles. The van der Waals surface area contributed by atoms with E-state index in [1.54, 1.807) is 0 Å². The topological polar surface area (TPSA) is 101 Å². The third-order valence-electron chi connectivity index (χ3n) is 4.50. The van der Waals surface area contributed by atoms with Crippen LogP contribution >= 0.6 is 0 Å². The van der Waals surface area contributed by atoms with Crippen LogP contribution in [-0.4, -0.2) is 23.8 Å². The van der Waals surface area contributed by atoms with E-state index in [0.29, 0.717) is 12.8 Å². The first-order valence-corrected chi connectivity index (χ1v) is 9.42. The van der Waals surface area contributed by atoms with Crippen molar-refractivity contribution in [1.82, 2.24) is 10.6 Å². The van der Waals surface area contributed by atoms with Crippen molar-refractivity contribution in [2.45, 2.75) is 44.7 Å². The number of nitrogens with two attached hydrogens (primary N) is 1. The fraction of sp³-hybridized carbons (Fsp3) is 0.318. The molecule has 0 saturated heterocycles. The number of benzene rings is 2. The van der Waals surface area contributed by atoms with Gasteiger partial charge in [-0.1, -0.05) is 60.7 Å². The molecule has 0 saturated carbocycles. The zero-order valence-electron chi connectivity index (χ0n) is 16.1. The Morgan fingerprint density at radius 1 is 0.857 bits per heavy atom. The average Bonchev–Trinajstić information content (AvgIpc) is 2.70. The minimum Gasteiger partial charge on any atom is -0.368 e. The van der Waals surface area contributed by atoms with E-state index in [1.807, 2.05) is 67.6 Å². The summed E-state index contributed by atoms with van der Waals surface area (Å²) in [5.41, 5.74) is 7.46. The van der Waals surface area contributed by atoms with Crippen LogP contribution in [0.4, 0.5) is 0 Å². The van der Waals surface area contributed by atoms with Crippen molar-refractivity contribution < 1.29 is 14.4 Å². The number of amides is 3. The number of carbonyl (C=O) groups is 3. The lowest BCUT2D eigenvalue weighted by Crippen LogP contribution is -2.45. The Morgan fingerprint density at radius 2 is 1.39 bits per heavy atom. The number of hydrogen-bond donors (Lipinski definition) is 3. The van der Waals surface area contributed by atoms with Gasteiger partial charge in [0, 0.05) is 12.8 Å². The van der Waals surface area contributed by atoms with Gasteiger partial charge < -0.3 is 16.4 Å². The second-order valence-corrected chi connectivity index (χ2v) is 6.75. The van der Waals surface area contributed by atoms with Gasteiger partial charge in [0.1, 0.15) is 6.04 Å². The second-order valence-electron chi connectivity index (χ2n) is 6.75. The van der Waals surface area contributed by atoms with Crippen molar-refractivity contribution >= 4 is 17.7 Å². The van der Waals surface area contributed by atoms with E-state index in [0.717, 1.165) is 11.1 Å². The number of aryl methyl sites for hydroxylation is 1. The quantitative estimate of drug-likeness (QED) is 0.588. The minimum absolute atomic E-state index is 0.00244. The lowest BCUT2D eigenvalue weighted by molar-refractivity contribution is -0.129. The predicted molar refractivity (Wildman–Crippen MR) is 108 cm³/mol. The SMILES string of the molecule is C[C@@H](NC(=O)CCC(=O)N[C@H](CCc1ccccc1)C(N)=O)c1ccccc1. The van der Waals surface area contributed by atoms with Crippen LogP contribution in [0.1, 0.15) is 43.4 Å². The monoisotopic (exact) mass is 381 g/mol. The molecule has 0 fully saturated rings. The Kier molecular flexibility index (Phi) is 8.21. The van der Waals surface area contributed by atoms with Crippen molar-refractivity contribution in [3.8, 4) is 0 Å². The van der Waals surface area contributed by atoms with Crippen LogP contribution in [0.5, 0.6) is 0 Å². The highest BCUT2D eigenvalue weighted by molar-refractivity contribution is 5.88. The molecule has 2 aromatic rings. The molecule has 0 aliphatic rings. The van der Waals surface area contributed by atoms with Crippen LogP contribution in [0.15, 0.2) is 60.7 Å². The Hall–Kier alpha value is -3.15. The number of primary amides is 1. The third-order valence-corrected chi connectivity index (χ3v) is 4.50. The molecule has 6 heteroatoms. The summed E-state index contributed by atoms with van der Waals surface area (Å²) < 4.78 is 0. The Labute approximate surface area is 165 Å². The maximum absolute atomic E-state index is 12.1. The van der Waals surface area contributed by atoms with E-state index in [9.17, 15) is 14.4 Å². The standard InChI is InChI=1S/C22H27N3O3/c1-16(18-10-6-3-7-11-18)24-20(26)14-15-21(27)25-19(22(23)28)13-12-17-8-4-2-5-9-17/h2-11,16,19H,12-15H2,1H3,(H2,23,28)(H,24,26)(H,25,27)/t16-,19-/m1/s1. The van der Waals surface area contributed by atoms with E-state index in [2.05, 4.69) is 10.6 Å². The van der Waals surface area contributed by atoms with Gasteiger partial charge in [0.25, 0.3) is 0 Å². The molecule has 6 nitrogen and oxygen atoms in total. The van der Waals surface area contributed by atoms with Gasteiger partial charge >= 0.3 is 0 Å². The van der Waals surface area contributed by atoms with Crippen LogP contribution in [-0.2, 0) is 20.8 Å². The van der Waals surface area contributed by atoms with Crippen LogP contribution in [0.25, 0.3) is 0 Å². The smallest absolute Gasteiger partial charge is 0.240 e. The molecule has 4 N–H and O–H groups in total. The summed E-state index contributed by atoms with van der Waals surface area (Å²) >= 11 is 0. The summed E-state index contributed by atoms with van der Waals surface area (Å²) in [7, 11) is 0. The van der Waals surface area contributed by atoms with E-state index >= 15 is 0 Å². The average molecular weight is 381 g/mol. The number of carbonyl (C=O) groups excluding carboxylic acids is 3. The van der Waals surface area contributed by atoms with Crippen molar-refractivity contribution in [3.05, 3.63) is 71.8 Å². The molecule has 2 aromatic carbocycles. The molecular formula is C22H27N3O3. The molecule has 0 spiro atoms. The van der Waals surface area contributed by atoms with E-state index in [-0.39, 0.29) is 30.7 Å². The van der Waals surface area contributed by atoms with Gasteiger partial charge in [-0.25, -0.2) is 0 Å². The molecule has 0 bridgehead atoms. The highest BCUT2D eigenvalue weighted by Gasteiger charge is 2.19. The van der Waals surface area contributed by atoms with Gasteiger partial charge in [-0.15, -0.1) is 0 Å². The highest BCUT2D eigenvalue weighted by atomic mass is 16.2. The summed E-state index contributed by atoms with van der Waals surface area (Å²) in [5.74, 6) is -1.16. The largest absolute Gasteiger partial charge is 0.368 e. The first-order chi connectivity index (χ1) is 13.5. The minimum atomic E-state index is -0.751.